The Morgan fingerprint density at radius 1 is 1.46 bits per heavy atom. The molecule has 1 rings (SSSR count). The molecule has 0 unspecified atom stereocenters. The molecule has 13 heavy (non-hydrogen) atoms. The van der Waals surface area contributed by atoms with Crippen molar-refractivity contribution in [2.45, 2.75) is 4.90 Å². The number of diazo groups is 1. The van der Waals surface area contributed by atoms with Crippen molar-refractivity contribution in [3.63, 3.8) is 0 Å². The molecule has 0 fully saturated rings. The number of halogens is 1. The van der Waals surface area contributed by atoms with E-state index in [0.717, 1.165) is 6.07 Å². The van der Waals surface area contributed by atoms with Crippen molar-refractivity contribution in [1.29, 1.82) is 5.39 Å². The van der Waals surface area contributed by atoms with Crippen LogP contribution in [-0.4, -0.2) is 13.0 Å². The average molecular weight is 264 g/mol. The van der Waals surface area contributed by atoms with Crippen molar-refractivity contribution < 1.29 is 13.0 Å². The van der Waals surface area contributed by atoms with Gasteiger partial charge in [0, 0.05) is 10.5 Å². The van der Waals surface area contributed by atoms with Crippen LogP contribution in [0.2, 0.25) is 0 Å². The molecule has 0 aliphatic carbocycles. The number of hydrogen-bond donors (Lipinski definition) is 1. The van der Waals surface area contributed by atoms with Crippen molar-refractivity contribution >= 4 is 31.7 Å². The lowest BCUT2D eigenvalue weighted by atomic mass is 10.3. The summed E-state index contributed by atoms with van der Waals surface area (Å²) in [6.45, 7) is 0. The molecule has 1 N–H and O–H groups in total. The smallest absolute Gasteiger partial charge is 0.282 e. The van der Waals surface area contributed by atoms with Gasteiger partial charge in [-0.2, -0.15) is 8.42 Å². The predicted molar refractivity (Wildman–Crippen MR) is 48.7 cm³/mol. The molecule has 5 nitrogen and oxygen atoms in total. The van der Waals surface area contributed by atoms with E-state index in [9.17, 15) is 8.42 Å². The van der Waals surface area contributed by atoms with Gasteiger partial charge in [0.15, 0.2) is 4.98 Å². The van der Waals surface area contributed by atoms with Crippen LogP contribution in [0.25, 0.3) is 4.98 Å². The largest absolute Gasteiger partial charge is 0.386 e. The van der Waals surface area contributed by atoms with E-state index in [2.05, 4.69) is 20.9 Å². The first-order valence-electron chi connectivity index (χ1n) is 3.07. The van der Waals surface area contributed by atoms with Crippen LogP contribution >= 0.6 is 15.9 Å². The topological polar surface area (TPSA) is 82.5 Å². The summed E-state index contributed by atoms with van der Waals surface area (Å²) in [6, 6.07) is 3.79. The lowest BCUT2D eigenvalue weighted by molar-refractivity contribution is 0.482. The normalized spacial score (nSPS) is 10.8. The van der Waals surface area contributed by atoms with Crippen LogP contribution in [0, 0.1) is 5.39 Å². The molecular formula is C6H4BrN2O3S+. The summed E-state index contributed by atoms with van der Waals surface area (Å²) in [5, 5.41) is 8.35. The summed E-state index contributed by atoms with van der Waals surface area (Å²) in [7, 11) is -4.28. The average Bonchev–Trinajstić information content (AvgIpc) is 2.03. The number of benzene rings is 1. The second kappa shape index (κ2) is 3.41. The van der Waals surface area contributed by atoms with E-state index in [4.69, 9.17) is 9.95 Å². The van der Waals surface area contributed by atoms with E-state index in [1.54, 1.807) is 0 Å². The molecular weight excluding hydrogens is 260 g/mol. The third-order valence-electron chi connectivity index (χ3n) is 1.31. The quantitative estimate of drug-likeness (QED) is 0.622. The minimum atomic E-state index is -4.28. The Labute approximate surface area is 82.9 Å². The molecule has 0 aliphatic heterocycles. The molecule has 0 spiro atoms. The third kappa shape index (κ3) is 2.24. The third-order valence-corrected chi connectivity index (χ3v) is 3.16. The molecule has 0 amide bonds. The van der Waals surface area contributed by atoms with Crippen molar-refractivity contribution in [1.82, 2.24) is 0 Å². The van der Waals surface area contributed by atoms with Crippen molar-refractivity contribution in [3.8, 4) is 0 Å². The summed E-state index contributed by atoms with van der Waals surface area (Å²) in [4.78, 5) is 2.46. The van der Waals surface area contributed by atoms with Gasteiger partial charge in [0.2, 0.25) is 5.39 Å². The SMILES string of the molecule is N#[N+]c1ccc(Br)c(S(=O)(=O)O)c1. The Morgan fingerprint density at radius 2 is 2.08 bits per heavy atom. The van der Waals surface area contributed by atoms with Gasteiger partial charge >= 0.3 is 5.69 Å². The zero-order chi connectivity index (χ0) is 10.1. The van der Waals surface area contributed by atoms with Crippen LogP contribution in [-0.2, 0) is 10.1 Å². The first-order valence-corrected chi connectivity index (χ1v) is 5.30. The summed E-state index contributed by atoms with van der Waals surface area (Å²) < 4.78 is 30.4. The molecule has 0 saturated heterocycles. The van der Waals surface area contributed by atoms with Crippen LogP contribution in [0.1, 0.15) is 0 Å². The van der Waals surface area contributed by atoms with Gasteiger partial charge < -0.3 is 0 Å². The van der Waals surface area contributed by atoms with Crippen LogP contribution in [0.15, 0.2) is 27.6 Å². The van der Waals surface area contributed by atoms with E-state index in [1.165, 1.54) is 12.1 Å². The maximum absolute atomic E-state index is 10.7. The van der Waals surface area contributed by atoms with Crippen LogP contribution in [0.4, 0.5) is 5.69 Å². The van der Waals surface area contributed by atoms with Gasteiger partial charge in [-0.3, -0.25) is 4.55 Å². The van der Waals surface area contributed by atoms with E-state index in [-0.39, 0.29) is 15.1 Å². The van der Waals surface area contributed by atoms with Gasteiger partial charge in [-0.15, -0.1) is 0 Å². The Kier molecular flexibility index (Phi) is 2.66. The van der Waals surface area contributed by atoms with Crippen LogP contribution in [0.3, 0.4) is 0 Å². The highest BCUT2D eigenvalue weighted by Crippen LogP contribution is 2.26. The lowest BCUT2D eigenvalue weighted by Crippen LogP contribution is -1.98. The summed E-state index contributed by atoms with van der Waals surface area (Å²) in [5.41, 5.74) is 0.0517. The highest BCUT2D eigenvalue weighted by atomic mass is 79.9. The Bertz CT molecular complexity index is 477. The van der Waals surface area contributed by atoms with Crippen molar-refractivity contribution in [3.05, 3.63) is 27.6 Å². The van der Waals surface area contributed by atoms with Crippen LogP contribution < -0.4 is 0 Å². The molecule has 0 heterocycles. The number of nitrogens with zero attached hydrogens (tertiary/aromatic N) is 2. The van der Waals surface area contributed by atoms with E-state index >= 15 is 0 Å². The van der Waals surface area contributed by atoms with Gasteiger partial charge in [0.1, 0.15) is 4.90 Å². The fraction of sp³-hybridized carbons (Fsp3) is 0. The van der Waals surface area contributed by atoms with E-state index in [1.807, 2.05) is 0 Å². The minimum Gasteiger partial charge on any atom is -0.282 e. The first kappa shape index (κ1) is 10.1. The van der Waals surface area contributed by atoms with Gasteiger partial charge in [-0.25, -0.2) is 0 Å². The van der Waals surface area contributed by atoms with Gasteiger partial charge in [0.25, 0.3) is 10.1 Å². The van der Waals surface area contributed by atoms with Crippen LogP contribution in [0.5, 0.6) is 0 Å². The monoisotopic (exact) mass is 263 g/mol. The maximum Gasteiger partial charge on any atom is 0.386 e. The summed E-state index contributed by atoms with van der Waals surface area (Å²) in [5.74, 6) is 0. The highest BCUT2D eigenvalue weighted by molar-refractivity contribution is 9.10. The molecule has 1 aromatic rings. The summed E-state index contributed by atoms with van der Waals surface area (Å²) in [6.07, 6.45) is 0. The molecule has 0 saturated carbocycles. The zero-order valence-electron chi connectivity index (χ0n) is 6.18. The maximum atomic E-state index is 10.7. The van der Waals surface area contributed by atoms with E-state index < -0.39 is 10.1 Å². The fourth-order valence-electron chi connectivity index (χ4n) is 0.752. The number of hydrogen-bond acceptors (Lipinski definition) is 3. The second-order valence-corrected chi connectivity index (χ2v) is 4.43. The molecule has 0 radical (unpaired) electrons. The molecule has 0 aliphatic rings. The minimum absolute atomic E-state index is 0.0517. The predicted octanol–water partition coefficient (Wildman–Crippen LogP) is 2.18. The second-order valence-electron chi connectivity index (χ2n) is 2.19. The molecule has 68 valence electrons. The first-order chi connectivity index (χ1) is 5.95. The van der Waals surface area contributed by atoms with Gasteiger partial charge in [0.05, 0.1) is 6.07 Å². The Balaban J connectivity index is 3.47. The van der Waals surface area contributed by atoms with Gasteiger partial charge in [-0.1, -0.05) is 0 Å². The summed E-state index contributed by atoms with van der Waals surface area (Å²) >= 11 is 2.93. The standard InChI is InChI=1S/C6H3BrN2O3S/c7-5-2-1-4(9-8)3-6(5)13(10,11)12/h1-3H/p+1. The molecule has 0 bridgehead atoms. The molecule has 0 aromatic heterocycles. The zero-order valence-corrected chi connectivity index (χ0v) is 8.58. The lowest BCUT2D eigenvalue weighted by Gasteiger charge is -1.96. The number of rotatable bonds is 1. The molecule has 7 heteroatoms. The van der Waals surface area contributed by atoms with Crippen molar-refractivity contribution in [2.24, 2.45) is 0 Å². The van der Waals surface area contributed by atoms with E-state index in [0.29, 0.717) is 0 Å². The molecule has 1 aromatic carbocycles. The fourth-order valence-corrected chi connectivity index (χ4v) is 2.20. The van der Waals surface area contributed by atoms with Gasteiger partial charge in [-0.05, 0) is 22.0 Å². The van der Waals surface area contributed by atoms with Crippen molar-refractivity contribution in [2.75, 3.05) is 0 Å². The molecule has 0 atom stereocenters. The highest BCUT2D eigenvalue weighted by Gasteiger charge is 2.18. The Morgan fingerprint density at radius 3 is 2.54 bits per heavy atom. The Hall–Kier alpha value is -0.970.